The maximum Gasteiger partial charge on any atom is 0.317 e. The van der Waals surface area contributed by atoms with E-state index in [0.29, 0.717) is 5.92 Å². The van der Waals surface area contributed by atoms with E-state index in [0.717, 1.165) is 45.6 Å². The van der Waals surface area contributed by atoms with Gasteiger partial charge in [0.1, 0.15) is 0 Å². The highest BCUT2D eigenvalue weighted by atomic mass is 16.5. The van der Waals surface area contributed by atoms with Gasteiger partial charge in [0.25, 0.3) is 0 Å². The lowest BCUT2D eigenvalue weighted by Gasteiger charge is -2.26. The molecule has 2 amide bonds. The predicted molar refractivity (Wildman–Crippen MR) is 77.7 cm³/mol. The maximum absolute atomic E-state index is 12.3. The van der Waals surface area contributed by atoms with Crippen molar-refractivity contribution in [2.45, 2.75) is 31.2 Å². The van der Waals surface area contributed by atoms with Gasteiger partial charge in [-0.05, 0) is 24.8 Å². The number of benzene rings is 1. The SMILES string of the molecule is O=C(NC1CCOCC1)N1CC[C@@H](c2ccccc2)C1. The molecule has 2 fully saturated rings. The highest BCUT2D eigenvalue weighted by Gasteiger charge is 2.28. The molecule has 0 aromatic heterocycles. The van der Waals surface area contributed by atoms with Gasteiger partial charge in [-0.1, -0.05) is 30.3 Å². The molecule has 1 atom stereocenters. The van der Waals surface area contributed by atoms with Gasteiger partial charge in [-0.2, -0.15) is 0 Å². The lowest BCUT2D eigenvalue weighted by atomic mass is 9.99. The summed E-state index contributed by atoms with van der Waals surface area (Å²) >= 11 is 0. The minimum absolute atomic E-state index is 0.0929. The van der Waals surface area contributed by atoms with Crippen molar-refractivity contribution in [2.75, 3.05) is 26.3 Å². The van der Waals surface area contributed by atoms with Gasteiger partial charge in [0.05, 0.1) is 0 Å². The molecule has 2 aliphatic rings. The second kappa shape index (κ2) is 6.27. The lowest BCUT2D eigenvalue weighted by molar-refractivity contribution is 0.0785. The summed E-state index contributed by atoms with van der Waals surface area (Å²) in [5.41, 5.74) is 1.34. The Morgan fingerprint density at radius 1 is 1.15 bits per heavy atom. The van der Waals surface area contributed by atoms with Crippen molar-refractivity contribution in [1.29, 1.82) is 0 Å². The first-order valence-electron chi connectivity index (χ1n) is 7.51. The van der Waals surface area contributed by atoms with Gasteiger partial charge in [0.15, 0.2) is 0 Å². The third-order valence-electron chi connectivity index (χ3n) is 4.30. The van der Waals surface area contributed by atoms with Crippen LogP contribution < -0.4 is 5.32 Å². The molecule has 4 nitrogen and oxygen atoms in total. The number of nitrogens with zero attached hydrogens (tertiary/aromatic N) is 1. The normalized spacial score (nSPS) is 23.8. The molecule has 20 heavy (non-hydrogen) atoms. The first kappa shape index (κ1) is 13.4. The zero-order valence-electron chi connectivity index (χ0n) is 11.8. The van der Waals surface area contributed by atoms with Gasteiger partial charge >= 0.3 is 6.03 Å². The summed E-state index contributed by atoms with van der Waals surface area (Å²) in [5.74, 6) is 0.483. The van der Waals surface area contributed by atoms with Crippen molar-refractivity contribution in [1.82, 2.24) is 10.2 Å². The van der Waals surface area contributed by atoms with Gasteiger partial charge in [-0.25, -0.2) is 4.79 Å². The number of carbonyl (C=O) groups is 1. The molecule has 1 aromatic carbocycles. The molecule has 108 valence electrons. The molecule has 3 rings (SSSR count). The molecule has 2 heterocycles. The average molecular weight is 274 g/mol. The zero-order valence-corrected chi connectivity index (χ0v) is 11.8. The molecule has 1 N–H and O–H groups in total. The van der Waals surface area contributed by atoms with Crippen LogP contribution in [0.5, 0.6) is 0 Å². The molecule has 0 radical (unpaired) electrons. The van der Waals surface area contributed by atoms with Crippen LogP contribution in [0.3, 0.4) is 0 Å². The van der Waals surface area contributed by atoms with E-state index in [9.17, 15) is 4.79 Å². The Labute approximate surface area is 120 Å². The van der Waals surface area contributed by atoms with Crippen LogP contribution in [0.25, 0.3) is 0 Å². The summed E-state index contributed by atoms with van der Waals surface area (Å²) < 4.78 is 5.32. The average Bonchev–Trinajstić information content (AvgIpc) is 2.99. The Morgan fingerprint density at radius 2 is 1.90 bits per heavy atom. The summed E-state index contributed by atoms with van der Waals surface area (Å²) in [5, 5.41) is 3.14. The number of urea groups is 1. The van der Waals surface area contributed by atoms with Crippen LogP contribution in [-0.2, 0) is 4.74 Å². The number of rotatable bonds is 2. The molecule has 4 heteroatoms. The maximum atomic E-state index is 12.3. The first-order chi connectivity index (χ1) is 9.83. The van der Waals surface area contributed by atoms with Gasteiger partial charge in [0, 0.05) is 38.3 Å². The van der Waals surface area contributed by atoms with Crippen LogP contribution in [0.2, 0.25) is 0 Å². The highest BCUT2D eigenvalue weighted by Crippen LogP contribution is 2.26. The van der Waals surface area contributed by atoms with E-state index in [1.165, 1.54) is 5.56 Å². The van der Waals surface area contributed by atoms with E-state index >= 15 is 0 Å². The Bertz CT molecular complexity index is 443. The van der Waals surface area contributed by atoms with Crippen molar-refractivity contribution < 1.29 is 9.53 Å². The number of ether oxygens (including phenoxy) is 1. The van der Waals surface area contributed by atoms with Crippen LogP contribution in [0, 0.1) is 0 Å². The van der Waals surface area contributed by atoms with Crippen molar-refractivity contribution in [3.8, 4) is 0 Å². The smallest absolute Gasteiger partial charge is 0.317 e. The van der Waals surface area contributed by atoms with Crippen LogP contribution in [0.1, 0.15) is 30.7 Å². The molecule has 2 aliphatic heterocycles. The molecular formula is C16H22N2O2. The van der Waals surface area contributed by atoms with Gasteiger partial charge in [-0.15, -0.1) is 0 Å². The lowest BCUT2D eigenvalue weighted by Crippen LogP contribution is -2.45. The van der Waals surface area contributed by atoms with Crippen LogP contribution in [0.4, 0.5) is 4.79 Å². The quantitative estimate of drug-likeness (QED) is 0.899. The Morgan fingerprint density at radius 3 is 2.65 bits per heavy atom. The van der Waals surface area contributed by atoms with Crippen molar-refractivity contribution in [2.24, 2.45) is 0 Å². The van der Waals surface area contributed by atoms with E-state index in [4.69, 9.17) is 4.74 Å². The van der Waals surface area contributed by atoms with Gasteiger partial charge < -0.3 is 15.0 Å². The second-order valence-corrected chi connectivity index (χ2v) is 5.68. The summed E-state index contributed by atoms with van der Waals surface area (Å²) in [6.07, 6.45) is 2.93. The third-order valence-corrected chi connectivity index (χ3v) is 4.30. The number of carbonyl (C=O) groups excluding carboxylic acids is 1. The molecular weight excluding hydrogens is 252 g/mol. The molecule has 0 aliphatic carbocycles. The second-order valence-electron chi connectivity index (χ2n) is 5.68. The van der Waals surface area contributed by atoms with Crippen LogP contribution in [-0.4, -0.2) is 43.3 Å². The number of nitrogens with one attached hydrogen (secondary N) is 1. The standard InChI is InChI=1S/C16H22N2O2/c19-16(17-15-7-10-20-11-8-15)18-9-6-14(12-18)13-4-2-1-3-5-13/h1-5,14-15H,6-12H2,(H,17,19)/t14-/m1/s1. The summed E-state index contributed by atoms with van der Waals surface area (Å²) in [4.78, 5) is 14.2. The number of hydrogen-bond donors (Lipinski definition) is 1. The Hall–Kier alpha value is -1.55. The Kier molecular flexibility index (Phi) is 4.21. The largest absolute Gasteiger partial charge is 0.381 e. The summed E-state index contributed by atoms with van der Waals surface area (Å²) in [6.45, 7) is 3.21. The predicted octanol–water partition coefficient (Wildman–Crippen LogP) is 2.36. The van der Waals surface area contributed by atoms with Gasteiger partial charge in [-0.3, -0.25) is 0 Å². The molecule has 0 bridgehead atoms. The molecule has 2 saturated heterocycles. The van der Waals surface area contributed by atoms with Gasteiger partial charge in [0.2, 0.25) is 0 Å². The van der Waals surface area contributed by atoms with Crippen LogP contribution >= 0.6 is 0 Å². The topological polar surface area (TPSA) is 41.6 Å². The first-order valence-corrected chi connectivity index (χ1v) is 7.51. The van der Waals surface area contributed by atoms with Crippen molar-refractivity contribution in [3.63, 3.8) is 0 Å². The Balaban J connectivity index is 1.53. The van der Waals surface area contributed by atoms with E-state index in [-0.39, 0.29) is 12.1 Å². The summed E-state index contributed by atoms with van der Waals surface area (Å²) in [6, 6.07) is 10.9. The van der Waals surface area contributed by atoms with Crippen LogP contribution in [0.15, 0.2) is 30.3 Å². The van der Waals surface area contributed by atoms with Crippen molar-refractivity contribution in [3.05, 3.63) is 35.9 Å². The van der Waals surface area contributed by atoms with E-state index in [2.05, 4.69) is 29.6 Å². The van der Waals surface area contributed by atoms with Crippen molar-refractivity contribution >= 4 is 6.03 Å². The third kappa shape index (κ3) is 3.12. The molecule has 0 saturated carbocycles. The molecule has 1 aromatic rings. The zero-order chi connectivity index (χ0) is 13.8. The fourth-order valence-corrected chi connectivity index (χ4v) is 3.05. The van der Waals surface area contributed by atoms with E-state index in [1.54, 1.807) is 0 Å². The minimum Gasteiger partial charge on any atom is -0.381 e. The monoisotopic (exact) mass is 274 g/mol. The molecule has 0 unspecified atom stereocenters. The summed E-state index contributed by atoms with van der Waals surface area (Å²) in [7, 11) is 0. The van der Waals surface area contributed by atoms with E-state index in [1.807, 2.05) is 11.0 Å². The minimum atomic E-state index is 0.0929. The molecule has 0 spiro atoms. The number of hydrogen-bond acceptors (Lipinski definition) is 2. The number of likely N-dealkylation sites (tertiary alicyclic amines) is 1. The number of amides is 2. The highest BCUT2D eigenvalue weighted by molar-refractivity contribution is 5.75. The fraction of sp³-hybridized carbons (Fsp3) is 0.562. The van der Waals surface area contributed by atoms with E-state index < -0.39 is 0 Å². The fourth-order valence-electron chi connectivity index (χ4n) is 3.05.